The van der Waals surface area contributed by atoms with Gasteiger partial charge in [-0.05, 0) is 24.8 Å². The highest BCUT2D eigenvalue weighted by molar-refractivity contribution is 5.69. The Hall–Kier alpha value is -1.25. The molecule has 0 aromatic heterocycles. The maximum absolute atomic E-state index is 11.5. The first-order chi connectivity index (χ1) is 6.76. The molecule has 3 aliphatic rings. The molecule has 1 aliphatic carbocycles. The van der Waals surface area contributed by atoms with Crippen LogP contribution in [-0.2, 0) is 4.74 Å². The van der Waals surface area contributed by atoms with Crippen LogP contribution in [0.1, 0.15) is 13.3 Å². The fourth-order valence-electron chi connectivity index (χ4n) is 2.27. The van der Waals surface area contributed by atoms with Gasteiger partial charge in [0, 0.05) is 6.54 Å². The molecule has 2 bridgehead atoms. The van der Waals surface area contributed by atoms with Crippen LogP contribution in [0.3, 0.4) is 0 Å². The molecule has 1 amide bonds. The minimum absolute atomic E-state index is 0.137. The van der Waals surface area contributed by atoms with Crippen molar-refractivity contribution in [1.29, 1.82) is 0 Å². The van der Waals surface area contributed by atoms with E-state index < -0.39 is 0 Å². The standard InChI is InChI=1S/C11H15NO2/c1-3-9-6-8-4-5-10(9)12(7-8)11(13)14-2/h3-5,8,10H,6-7H2,1-2H3/b9-3+. The average molecular weight is 193 g/mol. The van der Waals surface area contributed by atoms with Crippen molar-refractivity contribution in [2.24, 2.45) is 5.92 Å². The normalized spacial score (nSPS) is 32.4. The van der Waals surface area contributed by atoms with Gasteiger partial charge < -0.3 is 4.74 Å². The molecule has 1 fully saturated rings. The third kappa shape index (κ3) is 1.33. The molecule has 0 aromatic carbocycles. The minimum atomic E-state index is -0.219. The summed E-state index contributed by atoms with van der Waals surface area (Å²) >= 11 is 0. The highest BCUT2D eigenvalue weighted by Crippen LogP contribution is 2.33. The lowest BCUT2D eigenvalue weighted by Gasteiger charge is -2.42. The number of allylic oxidation sites excluding steroid dienone is 1. The number of nitrogens with zero attached hydrogens (tertiary/aromatic N) is 1. The topological polar surface area (TPSA) is 29.5 Å². The fourth-order valence-corrected chi connectivity index (χ4v) is 2.27. The zero-order valence-electron chi connectivity index (χ0n) is 8.56. The van der Waals surface area contributed by atoms with E-state index in [0.717, 1.165) is 13.0 Å². The number of carbonyl (C=O) groups is 1. The average Bonchev–Trinajstić information content (AvgIpc) is 2.28. The predicted molar refractivity (Wildman–Crippen MR) is 53.9 cm³/mol. The molecule has 2 heterocycles. The zero-order valence-corrected chi connectivity index (χ0v) is 8.56. The number of methoxy groups -OCH3 is 1. The van der Waals surface area contributed by atoms with E-state index in [1.165, 1.54) is 12.7 Å². The molecule has 0 N–H and O–H groups in total. The minimum Gasteiger partial charge on any atom is -0.453 e. The smallest absolute Gasteiger partial charge is 0.410 e. The van der Waals surface area contributed by atoms with Gasteiger partial charge >= 0.3 is 6.09 Å². The van der Waals surface area contributed by atoms with Crippen molar-refractivity contribution >= 4 is 6.09 Å². The Labute approximate surface area is 84.0 Å². The van der Waals surface area contributed by atoms with Crippen molar-refractivity contribution in [3.05, 3.63) is 23.8 Å². The monoisotopic (exact) mass is 193 g/mol. The Balaban J connectivity index is 2.24. The van der Waals surface area contributed by atoms with E-state index in [9.17, 15) is 4.79 Å². The Morgan fingerprint density at radius 3 is 3.00 bits per heavy atom. The van der Waals surface area contributed by atoms with Crippen molar-refractivity contribution in [2.75, 3.05) is 13.7 Å². The number of hydrogen-bond acceptors (Lipinski definition) is 2. The molecular formula is C11H15NO2. The predicted octanol–water partition coefficient (Wildman–Crippen LogP) is 1.96. The third-order valence-corrected chi connectivity index (χ3v) is 2.99. The Morgan fingerprint density at radius 2 is 2.43 bits per heavy atom. The van der Waals surface area contributed by atoms with E-state index in [-0.39, 0.29) is 12.1 Å². The quantitative estimate of drug-likeness (QED) is 0.550. The molecule has 2 aliphatic heterocycles. The highest BCUT2D eigenvalue weighted by Gasteiger charge is 2.36. The first kappa shape index (κ1) is 9.31. The molecule has 2 atom stereocenters. The van der Waals surface area contributed by atoms with Crippen LogP contribution < -0.4 is 0 Å². The highest BCUT2D eigenvalue weighted by atomic mass is 16.5. The van der Waals surface area contributed by atoms with Crippen LogP contribution in [0.5, 0.6) is 0 Å². The summed E-state index contributed by atoms with van der Waals surface area (Å²) in [5, 5.41) is 0. The van der Waals surface area contributed by atoms with Crippen LogP contribution in [0, 0.1) is 5.92 Å². The number of ether oxygens (including phenoxy) is 1. The molecule has 3 rings (SSSR count). The summed E-state index contributed by atoms with van der Waals surface area (Å²) < 4.78 is 4.76. The Bertz CT molecular complexity index is 306. The number of rotatable bonds is 0. The van der Waals surface area contributed by atoms with Crippen molar-refractivity contribution in [3.63, 3.8) is 0 Å². The Kier molecular flexibility index (Phi) is 2.32. The molecule has 0 saturated carbocycles. The van der Waals surface area contributed by atoms with E-state index >= 15 is 0 Å². The number of fused-ring (bicyclic) bond motifs is 2. The number of hydrogen-bond donors (Lipinski definition) is 0. The van der Waals surface area contributed by atoms with Gasteiger partial charge in [0.15, 0.2) is 0 Å². The molecule has 3 heteroatoms. The lowest BCUT2D eigenvalue weighted by molar-refractivity contribution is 0.101. The van der Waals surface area contributed by atoms with E-state index in [2.05, 4.69) is 18.2 Å². The zero-order chi connectivity index (χ0) is 10.1. The second-order valence-electron chi connectivity index (χ2n) is 3.78. The second kappa shape index (κ2) is 3.48. The summed E-state index contributed by atoms with van der Waals surface area (Å²) in [6.45, 7) is 2.82. The lowest BCUT2D eigenvalue weighted by Crippen LogP contribution is -2.49. The van der Waals surface area contributed by atoms with Crippen LogP contribution in [0.25, 0.3) is 0 Å². The number of carbonyl (C=O) groups excluding carboxylic acids is 1. The third-order valence-electron chi connectivity index (χ3n) is 2.99. The molecule has 2 unspecified atom stereocenters. The molecule has 1 saturated heterocycles. The van der Waals surface area contributed by atoms with Crippen LogP contribution in [0.2, 0.25) is 0 Å². The van der Waals surface area contributed by atoms with E-state index in [1.54, 1.807) is 4.90 Å². The molecule has 14 heavy (non-hydrogen) atoms. The van der Waals surface area contributed by atoms with Gasteiger partial charge in [0.05, 0.1) is 13.2 Å². The molecule has 0 spiro atoms. The second-order valence-corrected chi connectivity index (χ2v) is 3.78. The van der Waals surface area contributed by atoms with Gasteiger partial charge in [-0.3, -0.25) is 4.90 Å². The van der Waals surface area contributed by atoms with E-state index in [0.29, 0.717) is 5.92 Å². The molecule has 0 aromatic rings. The van der Waals surface area contributed by atoms with Gasteiger partial charge in [0.25, 0.3) is 0 Å². The van der Waals surface area contributed by atoms with Gasteiger partial charge in [0.1, 0.15) is 0 Å². The van der Waals surface area contributed by atoms with Crippen LogP contribution in [-0.4, -0.2) is 30.7 Å². The van der Waals surface area contributed by atoms with Crippen molar-refractivity contribution < 1.29 is 9.53 Å². The molecule has 76 valence electrons. The van der Waals surface area contributed by atoms with E-state index in [4.69, 9.17) is 4.74 Å². The molecular weight excluding hydrogens is 178 g/mol. The lowest BCUT2D eigenvalue weighted by atomic mass is 9.82. The van der Waals surface area contributed by atoms with Crippen LogP contribution >= 0.6 is 0 Å². The van der Waals surface area contributed by atoms with Crippen molar-refractivity contribution in [2.45, 2.75) is 19.4 Å². The molecule has 3 nitrogen and oxygen atoms in total. The van der Waals surface area contributed by atoms with Crippen molar-refractivity contribution in [1.82, 2.24) is 4.90 Å². The van der Waals surface area contributed by atoms with Gasteiger partial charge in [-0.2, -0.15) is 0 Å². The Morgan fingerprint density at radius 1 is 1.64 bits per heavy atom. The summed E-state index contributed by atoms with van der Waals surface area (Å²) in [5.41, 5.74) is 1.33. The summed E-state index contributed by atoms with van der Waals surface area (Å²) in [4.78, 5) is 13.3. The summed E-state index contributed by atoms with van der Waals surface area (Å²) in [6, 6.07) is 0.137. The summed E-state index contributed by atoms with van der Waals surface area (Å²) in [6.07, 6.45) is 7.28. The first-order valence-corrected chi connectivity index (χ1v) is 4.94. The van der Waals surface area contributed by atoms with Gasteiger partial charge in [-0.1, -0.05) is 18.2 Å². The van der Waals surface area contributed by atoms with Crippen LogP contribution in [0.15, 0.2) is 23.8 Å². The number of piperidine rings is 1. The maximum atomic E-state index is 11.5. The maximum Gasteiger partial charge on any atom is 0.410 e. The van der Waals surface area contributed by atoms with Crippen LogP contribution in [0.4, 0.5) is 4.79 Å². The van der Waals surface area contributed by atoms with Gasteiger partial charge in [0.2, 0.25) is 0 Å². The van der Waals surface area contributed by atoms with Gasteiger partial charge in [-0.15, -0.1) is 0 Å². The first-order valence-electron chi connectivity index (χ1n) is 4.94. The SMILES string of the molecule is C/C=C1\CC2C=CC1N(C(=O)OC)C2. The largest absolute Gasteiger partial charge is 0.453 e. The van der Waals surface area contributed by atoms with E-state index in [1.807, 2.05) is 6.92 Å². The number of amides is 1. The summed E-state index contributed by atoms with van der Waals surface area (Å²) in [7, 11) is 1.43. The van der Waals surface area contributed by atoms with Crippen molar-refractivity contribution in [3.8, 4) is 0 Å². The molecule has 0 radical (unpaired) electrons. The van der Waals surface area contributed by atoms with Gasteiger partial charge in [-0.25, -0.2) is 4.79 Å². The fraction of sp³-hybridized carbons (Fsp3) is 0.545. The summed E-state index contributed by atoms with van der Waals surface area (Å²) in [5.74, 6) is 0.477.